The number of aryl methyl sites for hydroxylation is 1. The van der Waals surface area contributed by atoms with Gasteiger partial charge in [0.05, 0.1) is 11.1 Å². The van der Waals surface area contributed by atoms with Crippen molar-refractivity contribution in [2.75, 3.05) is 0 Å². The van der Waals surface area contributed by atoms with E-state index in [-0.39, 0.29) is 12.2 Å². The van der Waals surface area contributed by atoms with Crippen molar-refractivity contribution in [1.29, 1.82) is 0 Å². The third-order valence-corrected chi connectivity index (χ3v) is 3.50. The molecule has 0 amide bonds. The van der Waals surface area contributed by atoms with Crippen LogP contribution in [0.2, 0.25) is 0 Å². The van der Waals surface area contributed by atoms with Crippen LogP contribution in [-0.2, 0) is 6.42 Å². The van der Waals surface area contributed by atoms with Crippen molar-refractivity contribution < 1.29 is 23.0 Å². The largest absolute Gasteiger partial charge is 0.573 e. The van der Waals surface area contributed by atoms with E-state index < -0.39 is 12.5 Å². The predicted octanol–water partition coefficient (Wildman–Crippen LogP) is 3.63. The summed E-state index contributed by atoms with van der Waals surface area (Å²) in [5, 5.41) is 12.6. The highest BCUT2D eigenvalue weighted by Crippen LogP contribution is 2.27. The van der Waals surface area contributed by atoms with E-state index in [1.165, 1.54) is 29.5 Å². The lowest BCUT2D eigenvalue weighted by molar-refractivity contribution is -0.274. The van der Waals surface area contributed by atoms with Gasteiger partial charge in [0.25, 0.3) is 0 Å². The highest BCUT2D eigenvalue weighted by Gasteiger charge is 2.31. The molecular weight excluding hydrogens is 291 g/mol. The summed E-state index contributed by atoms with van der Waals surface area (Å²) < 4.78 is 40.2. The molecule has 2 aromatic rings. The predicted molar refractivity (Wildman–Crippen MR) is 68.6 cm³/mol. The van der Waals surface area contributed by atoms with Crippen LogP contribution in [0.5, 0.6) is 5.75 Å². The van der Waals surface area contributed by atoms with Crippen molar-refractivity contribution in [3.8, 4) is 5.75 Å². The molecule has 0 aliphatic rings. The van der Waals surface area contributed by atoms with E-state index in [0.717, 1.165) is 10.7 Å². The first-order valence-electron chi connectivity index (χ1n) is 5.78. The number of hydrogen-bond acceptors (Lipinski definition) is 4. The minimum atomic E-state index is -4.74. The van der Waals surface area contributed by atoms with Crippen LogP contribution in [0.4, 0.5) is 13.2 Å². The Labute approximate surface area is 117 Å². The molecule has 0 bridgehead atoms. The van der Waals surface area contributed by atoms with Gasteiger partial charge >= 0.3 is 6.36 Å². The van der Waals surface area contributed by atoms with E-state index in [2.05, 4.69) is 9.72 Å². The first-order chi connectivity index (χ1) is 9.33. The molecule has 0 radical (unpaired) electrons. The summed E-state index contributed by atoms with van der Waals surface area (Å²) in [6, 6.07) is 5.33. The summed E-state index contributed by atoms with van der Waals surface area (Å²) >= 11 is 1.40. The fraction of sp³-hybridized carbons (Fsp3) is 0.308. The molecule has 1 unspecified atom stereocenters. The molecule has 20 heavy (non-hydrogen) atoms. The van der Waals surface area contributed by atoms with E-state index in [0.29, 0.717) is 5.56 Å². The van der Waals surface area contributed by atoms with E-state index in [9.17, 15) is 18.3 Å². The van der Waals surface area contributed by atoms with Gasteiger partial charge in [0.2, 0.25) is 0 Å². The van der Waals surface area contributed by atoms with Crippen molar-refractivity contribution >= 4 is 11.3 Å². The Bertz CT molecular complexity index is 583. The maximum absolute atomic E-state index is 12.1. The maximum atomic E-state index is 12.1. The third-order valence-electron chi connectivity index (χ3n) is 2.51. The van der Waals surface area contributed by atoms with E-state index in [1.807, 2.05) is 12.3 Å². The fourth-order valence-electron chi connectivity index (χ4n) is 1.70. The molecule has 0 aliphatic carbocycles. The van der Waals surface area contributed by atoms with Crippen LogP contribution in [0.25, 0.3) is 0 Å². The molecule has 0 fully saturated rings. The number of alkyl halides is 3. The molecular formula is C13H12F3NO2S. The van der Waals surface area contributed by atoms with Gasteiger partial charge in [-0.15, -0.1) is 24.5 Å². The molecule has 1 atom stereocenters. The average Bonchev–Trinajstić information content (AvgIpc) is 2.73. The van der Waals surface area contributed by atoms with Crippen LogP contribution in [0, 0.1) is 6.92 Å². The van der Waals surface area contributed by atoms with E-state index in [1.54, 1.807) is 6.07 Å². The number of thiazole rings is 1. The molecule has 2 rings (SSSR count). The molecule has 0 aliphatic heterocycles. The number of benzene rings is 1. The number of aromatic nitrogens is 1. The van der Waals surface area contributed by atoms with Crippen LogP contribution in [0.1, 0.15) is 22.4 Å². The zero-order valence-corrected chi connectivity index (χ0v) is 11.3. The summed E-state index contributed by atoms with van der Waals surface area (Å²) in [4.78, 5) is 4.21. The first kappa shape index (κ1) is 14.8. The van der Waals surface area contributed by atoms with Crippen molar-refractivity contribution in [3.63, 3.8) is 0 Å². The second kappa shape index (κ2) is 5.80. The Morgan fingerprint density at radius 2 is 2.15 bits per heavy atom. The molecule has 0 saturated carbocycles. The van der Waals surface area contributed by atoms with Crippen LogP contribution >= 0.6 is 11.3 Å². The van der Waals surface area contributed by atoms with Gasteiger partial charge < -0.3 is 9.84 Å². The minimum absolute atomic E-state index is 0.258. The quantitative estimate of drug-likeness (QED) is 0.938. The minimum Gasteiger partial charge on any atom is -0.406 e. The zero-order valence-electron chi connectivity index (χ0n) is 10.5. The van der Waals surface area contributed by atoms with Gasteiger partial charge in [0.1, 0.15) is 5.75 Å². The molecule has 0 spiro atoms. The number of nitrogens with zero attached hydrogens (tertiary/aromatic N) is 1. The van der Waals surface area contributed by atoms with Gasteiger partial charge in [-0.1, -0.05) is 12.1 Å². The second-order valence-electron chi connectivity index (χ2n) is 4.22. The lowest BCUT2D eigenvalue weighted by Crippen LogP contribution is -2.17. The molecule has 3 nitrogen and oxygen atoms in total. The van der Waals surface area contributed by atoms with Crippen molar-refractivity contribution in [3.05, 3.63) is 45.9 Å². The van der Waals surface area contributed by atoms with Gasteiger partial charge in [0.15, 0.2) is 0 Å². The van der Waals surface area contributed by atoms with Crippen molar-refractivity contribution in [2.45, 2.75) is 25.8 Å². The van der Waals surface area contributed by atoms with E-state index in [4.69, 9.17) is 0 Å². The maximum Gasteiger partial charge on any atom is 0.573 e. The molecule has 0 saturated heterocycles. The highest BCUT2D eigenvalue weighted by molar-refractivity contribution is 7.09. The monoisotopic (exact) mass is 303 g/mol. The Kier molecular flexibility index (Phi) is 4.29. The van der Waals surface area contributed by atoms with Gasteiger partial charge in [-0.05, 0) is 24.6 Å². The molecule has 108 valence electrons. The van der Waals surface area contributed by atoms with Gasteiger partial charge in [-0.3, -0.25) is 0 Å². The topological polar surface area (TPSA) is 42.4 Å². The Balaban J connectivity index is 2.10. The smallest absolute Gasteiger partial charge is 0.406 e. The van der Waals surface area contributed by atoms with Crippen molar-refractivity contribution in [1.82, 2.24) is 4.98 Å². The van der Waals surface area contributed by atoms with Gasteiger partial charge in [0, 0.05) is 17.5 Å². The van der Waals surface area contributed by atoms with Gasteiger partial charge in [-0.2, -0.15) is 0 Å². The number of halogens is 3. The number of aliphatic hydroxyl groups excluding tert-OH is 1. The number of aliphatic hydroxyl groups is 1. The van der Waals surface area contributed by atoms with Crippen LogP contribution in [0.3, 0.4) is 0 Å². The summed E-state index contributed by atoms with van der Waals surface area (Å²) in [6.07, 6.45) is -5.40. The number of ether oxygens (including phenoxy) is 1. The van der Waals surface area contributed by atoms with Crippen LogP contribution in [-0.4, -0.2) is 16.5 Å². The molecule has 1 aromatic heterocycles. The summed E-state index contributed by atoms with van der Waals surface area (Å²) in [5.74, 6) is -0.343. The SMILES string of the molecule is Cc1csc(CC(O)c2cccc(OC(F)(F)F)c2)n1. The number of rotatable bonds is 4. The lowest BCUT2D eigenvalue weighted by atomic mass is 10.1. The Morgan fingerprint density at radius 3 is 2.75 bits per heavy atom. The van der Waals surface area contributed by atoms with Gasteiger partial charge in [-0.25, -0.2) is 4.98 Å². The Morgan fingerprint density at radius 1 is 1.40 bits per heavy atom. The second-order valence-corrected chi connectivity index (χ2v) is 5.17. The van der Waals surface area contributed by atoms with Crippen LogP contribution in [0.15, 0.2) is 29.6 Å². The molecule has 1 N–H and O–H groups in total. The number of hydrogen-bond donors (Lipinski definition) is 1. The molecule has 1 heterocycles. The molecule has 7 heteroatoms. The first-order valence-corrected chi connectivity index (χ1v) is 6.66. The standard InChI is InChI=1S/C13H12F3NO2S/c1-8-7-20-12(17-8)6-11(18)9-3-2-4-10(5-9)19-13(14,15)16/h2-5,7,11,18H,6H2,1H3. The van der Waals surface area contributed by atoms with Crippen molar-refractivity contribution in [2.24, 2.45) is 0 Å². The highest BCUT2D eigenvalue weighted by atomic mass is 32.1. The Hall–Kier alpha value is -1.60. The lowest BCUT2D eigenvalue weighted by Gasteiger charge is -2.13. The summed E-state index contributed by atoms with van der Waals surface area (Å²) in [7, 11) is 0. The van der Waals surface area contributed by atoms with Crippen LogP contribution < -0.4 is 4.74 Å². The third kappa shape index (κ3) is 4.21. The summed E-state index contributed by atoms with van der Waals surface area (Å²) in [5.41, 5.74) is 1.21. The normalized spacial score (nSPS) is 13.2. The summed E-state index contributed by atoms with van der Waals surface area (Å²) in [6.45, 7) is 1.84. The average molecular weight is 303 g/mol. The zero-order chi connectivity index (χ0) is 14.8. The fourth-order valence-corrected chi connectivity index (χ4v) is 2.51. The molecule has 1 aromatic carbocycles. The van der Waals surface area contributed by atoms with E-state index >= 15 is 0 Å².